The second-order valence-electron chi connectivity index (χ2n) is 4.97. The normalized spacial score (nSPS) is 10.6. The first-order chi connectivity index (χ1) is 9.63. The number of rotatable bonds is 5. The molecule has 0 aliphatic rings. The van der Waals surface area contributed by atoms with Gasteiger partial charge >= 0.3 is 0 Å². The lowest BCUT2D eigenvalue weighted by Gasteiger charge is -2.25. The van der Waals surface area contributed by atoms with Crippen molar-refractivity contribution in [2.75, 3.05) is 11.4 Å². The zero-order valence-electron chi connectivity index (χ0n) is 12.1. The molecule has 0 aliphatic carbocycles. The van der Waals surface area contributed by atoms with Gasteiger partial charge in [0.1, 0.15) is 5.82 Å². The maximum atomic E-state index is 13.4. The third-order valence-corrected chi connectivity index (χ3v) is 3.50. The van der Waals surface area contributed by atoms with E-state index in [1.54, 1.807) is 12.1 Å². The molecule has 3 heteroatoms. The highest BCUT2D eigenvalue weighted by Crippen LogP contribution is 2.20. The van der Waals surface area contributed by atoms with Crippen LogP contribution in [-0.4, -0.2) is 6.54 Å². The predicted molar refractivity (Wildman–Crippen MR) is 82.2 cm³/mol. The van der Waals surface area contributed by atoms with Gasteiger partial charge in [-0.3, -0.25) is 0 Å². The molecule has 0 aliphatic heterocycles. The lowest BCUT2D eigenvalue weighted by molar-refractivity contribution is 0.623. The average molecular weight is 272 g/mol. The number of nitrogens with zero attached hydrogens (tertiary/aromatic N) is 1. The fourth-order valence-electron chi connectivity index (χ4n) is 2.36. The van der Waals surface area contributed by atoms with Gasteiger partial charge in [0, 0.05) is 25.3 Å². The summed E-state index contributed by atoms with van der Waals surface area (Å²) in [4.78, 5) is 2.22. The lowest BCUT2D eigenvalue weighted by atomic mass is 10.1. The number of nitrogens with two attached hydrogens (primary N) is 1. The van der Waals surface area contributed by atoms with Crippen molar-refractivity contribution in [1.82, 2.24) is 0 Å². The van der Waals surface area contributed by atoms with Crippen LogP contribution in [0.4, 0.5) is 10.1 Å². The first kappa shape index (κ1) is 14.5. The summed E-state index contributed by atoms with van der Waals surface area (Å²) >= 11 is 0. The molecule has 0 fully saturated rings. The summed E-state index contributed by atoms with van der Waals surface area (Å²) in [6, 6.07) is 13.2. The van der Waals surface area contributed by atoms with E-state index in [4.69, 9.17) is 5.73 Å². The summed E-state index contributed by atoms with van der Waals surface area (Å²) in [7, 11) is 0. The summed E-state index contributed by atoms with van der Waals surface area (Å²) in [6.45, 7) is 6.14. The quantitative estimate of drug-likeness (QED) is 0.900. The molecule has 2 aromatic carbocycles. The van der Waals surface area contributed by atoms with Crippen LogP contribution in [-0.2, 0) is 13.1 Å². The van der Waals surface area contributed by atoms with Crippen LogP contribution in [0.1, 0.15) is 23.6 Å². The minimum absolute atomic E-state index is 0.211. The molecule has 0 bridgehead atoms. The smallest absolute Gasteiger partial charge is 0.123 e. The highest BCUT2D eigenvalue weighted by atomic mass is 19.1. The van der Waals surface area contributed by atoms with Gasteiger partial charge in [-0.2, -0.15) is 0 Å². The molecule has 0 unspecified atom stereocenters. The molecule has 0 radical (unpaired) electrons. The Balaban J connectivity index is 2.28. The van der Waals surface area contributed by atoms with Gasteiger partial charge in [-0.15, -0.1) is 0 Å². The van der Waals surface area contributed by atoms with Crippen molar-refractivity contribution in [2.24, 2.45) is 5.73 Å². The van der Waals surface area contributed by atoms with E-state index in [-0.39, 0.29) is 5.82 Å². The van der Waals surface area contributed by atoms with E-state index in [1.165, 1.54) is 11.6 Å². The fourth-order valence-corrected chi connectivity index (χ4v) is 2.36. The molecule has 0 amide bonds. The number of benzene rings is 2. The SMILES string of the molecule is CCN(Cc1cc(F)ccc1CN)c1cccc(C)c1. The van der Waals surface area contributed by atoms with Crippen LogP contribution in [0.2, 0.25) is 0 Å². The van der Waals surface area contributed by atoms with Crippen molar-refractivity contribution < 1.29 is 4.39 Å². The second-order valence-corrected chi connectivity index (χ2v) is 4.97. The highest BCUT2D eigenvalue weighted by Gasteiger charge is 2.09. The minimum atomic E-state index is -0.211. The molecule has 2 N–H and O–H groups in total. The van der Waals surface area contributed by atoms with Crippen LogP contribution < -0.4 is 10.6 Å². The van der Waals surface area contributed by atoms with Crippen molar-refractivity contribution in [2.45, 2.75) is 26.9 Å². The van der Waals surface area contributed by atoms with Crippen LogP contribution >= 0.6 is 0 Å². The molecule has 0 aromatic heterocycles. The number of hydrogen-bond donors (Lipinski definition) is 1. The summed E-state index contributed by atoms with van der Waals surface area (Å²) in [6.07, 6.45) is 0. The van der Waals surface area contributed by atoms with Gasteiger partial charge in [-0.05, 0) is 54.8 Å². The molecule has 2 rings (SSSR count). The second kappa shape index (κ2) is 6.53. The zero-order chi connectivity index (χ0) is 14.5. The Labute approximate surface area is 120 Å². The minimum Gasteiger partial charge on any atom is -0.367 e. The maximum Gasteiger partial charge on any atom is 0.123 e. The van der Waals surface area contributed by atoms with E-state index in [2.05, 4.69) is 36.9 Å². The molecule has 0 saturated carbocycles. The first-order valence-corrected chi connectivity index (χ1v) is 6.93. The number of anilines is 1. The Hall–Kier alpha value is -1.87. The molecule has 0 spiro atoms. The van der Waals surface area contributed by atoms with Gasteiger partial charge in [0.05, 0.1) is 0 Å². The standard InChI is InChI=1S/C17H21FN2/c1-3-20(17-6-4-5-13(2)9-17)12-15-10-16(18)8-7-14(15)11-19/h4-10H,3,11-12,19H2,1-2H3. The number of aryl methyl sites for hydroxylation is 1. The molecule has 20 heavy (non-hydrogen) atoms. The van der Waals surface area contributed by atoms with Crippen molar-refractivity contribution in [1.29, 1.82) is 0 Å². The van der Waals surface area contributed by atoms with Gasteiger partial charge in [0.25, 0.3) is 0 Å². The van der Waals surface area contributed by atoms with Crippen molar-refractivity contribution >= 4 is 5.69 Å². The Morgan fingerprint density at radius 2 is 1.90 bits per heavy atom. The van der Waals surface area contributed by atoms with Gasteiger partial charge in [0.2, 0.25) is 0 Å². The summed E-state index contributed by atoms with van der Waals surface area (Å²) in [5, 5.41) is 0. The monoisotopic (exact) mass is 272 g/mol. The zero-order valence-corrected chi connectivity index (χ0v) is 12.1. The Morgan fingerprint density at radius 3 is 2.55 bits per heavy atom. The van der Waals surface area contributed by atoms with Crippen LogP contribution in [0.3, 0.4) is 0 Å². The molecular formula is C17H21FN2. The summed E-state index contributed by atoms with van der Waals surface area (Å²) in [5.74, 6) is -0.211. The average Bonchev–Trinajstić information content (AvgIpc) is 2.45. The lowest BCUT2D eigenvalue weighted by Crippen LogP contribution is -2.23. The van der Waals surface area contributed by atoms with Crippen LogP contribution in [0.25, 0.3) is 0 Å². The van der Waals surface area contributed by atoms with Crippen LogP contribution in [0.15, 0.2) is 42.5 Å². The molecule has 0 saturated heterocycles. The molecule has 2 aromatic rings. The Kier molecular flexibility index (Phi) is 4.74. The van der Waals surface area contributed by atoms with E-state index >= 15 is 0 Å². The van der Waals surface area contributed by atoms with Gasteiger partial charge in [0.15, 0.2) is 0 Å². The molecule has 0 heterocycles. The number of halogens is 1. The summed E-state index contributed by atoms with van der Waals surface area (Å²) < 4.78 is 13.4. The summed E-state index contributed by atoms with van der Waals surface area (Å²) in [5.41, 5.74) is 10.1. The highest BCUT2D eigenvalue weighted by molar-refractivity contribution is 5.49. The van der Waals surface area contributed by atoms with E-state index in [9.17, 15) is 4.39 Å². The van der Waals surface area contributed by atoms with Gasteiger partial charge < -0.3 is 10.6 Å². The van der Waals surface area contributed by atoms with E-state index in [0.717, 1.165) is 23.4 Å². The fraction of sp³-hybridized carbons (Fsp3) is 0.294. The van der Waals surface area contributed by atoms with E-state index < -0.39 is 0 Å². The first-order valence-electron chi connectivity index (χ1n) is 6.93. The molecular weight excluding hydrogens is 251 g/mol. The van der Waals surface area contributed by atoms with Gasteiger partial charge in [-0.1, -0.05) is 18.2 Å². The van der Waals surface area contributed by atoms with Crippen LogP contribution in [0.5, 0.6) is 0 Å². The Morgan fingerprint density at radius 1 is 1.10 bits per heavy atom. The molecule has 0 atom stereocenters. The van der Waals surface area contributed by atoms with Crippen molar-refractivity contribution in [3.8, 4) is 0 Å². The molecule has 106 valence electrons. The topological polar surface area (TPSA) is 29.3 Å². The van der Waals surface area contributed by atoms with E-state index in [1.807, 2.05) is 6.07 Å². The van der Waals surface area contributed by atoms with Crippen molar-refractivity contribution in [3.63, 3.8) is 0 Å². The van der Waals surface area contributed by atoms with Gasteiger partial charge in [-0.25, -0.2) is 4.39 Å². The largest absolute Gasteiger partial charge is 0.367 e. The number of hydrogen-bond acceptors (Lipinski definition) is 2. The predicted octanol–water partition coefficient (Wildman–Crippen LogP) is 3.62. The third kappa shape index (κ3) is 3.36. The van der Waals surface area contributed by atoms with Crippen molar-refractivity contribution in [3.05, 3.63) is 65.0 Å². The molecule has 2 nitrogen and oxygen atoms in total. The van der Waals surface area contributed by atoms with E-state index in [0.29, 0.717) is 13.1 Å². The third-order valence-electron chi connectivity index (χ3n) is 3.50. The Bertz CT molecular complexity index is 581. The van der Waals surface area contributed by atoms with Crippen LogP contribution in [0, 0.1) is 12.7 Å². The maximum absolute atomic E-state index is 13.4.